The number of anilines is 1. The first kappa shape index (κ1) is 18.7. The average molecular weight is 352 g/mol. The zero-order chi connectivity index (χ0) is 18.2. The van der Waals surface area contributed by atoms with Crippen LogP contribution in [0.2, 0.25) is 0 Å². The number of benzene rings is 2. The van der Waals surface area contributed by atoms with Gasteiger partial charge in [0.1, 0.15) is 0 Å². The highest BCUT2D eigenvalue weighted by molar-refractivity contribution is 5.97. The zero-order valence-corrected chi connectivity index (χ0v) is 15.8. The SMILES string of the molecule is C[C@H]([NH2+]C1CCCCCCC1)C(=O)Nc1ccccc1-c1ccccc1. The molecule has 0 aliphatic heterocycles. The lowest BCUT2D eigenvalue weighted by Gasteiger charge is -2.22. The third kappa shape index (κ3) is 5.18. The summed E-state index contributed by atoms with van der Waals surface area (Å²) in [5, 5.41) is 5.44. The van der Waals surface area contributed by atoms with Crippen LogP contribution in [0.4, 0.5) is 5.69 Å². The number of nitrogens with two attached hydrogens (primary N) is 1. The van der Waals surface area contributed by atoms with E-state index in [2.05, 4.69) is 28.8 Å². The Morgan fingerprint density at radius 3 is 2.27 bits per heavy atom. The summed E-state index contributed by atoms with van der Waals surface area (Å²) in [5.74, 6) is 0.0930. The van der Waals surface area contributed by atoms with Crippen molar-refractivity contribution in [3.63, 3.8) is 0 Å². The predicted molar refractivity (Wildman–Crippen MR) is 108 cm³/mol. The fourth-order valence-corrected chi connectivity index (χ4v) is 3.88. The van der Waals surface area contributed by atoms with Gasteiger partial charge in [0.25, 0.3) is 5.91 Å². The smallest absolute Gasteiger partial charge is 0.282 e. The highest BCUT2D eigenvalue weighted by atomic mass is 16.2. The van der Waals surface area contributed by atoms with Crippen molar-refractivity contribution in [2.24, 2.45) is 0 Å². The Morgan fingerprint density at radius 2 is 1.54 bits per heavy atom. The zero-order valence-electron chi connectivity index (χ0n) is 15.8. The summed E-state index contributed by atoms with van der Waals surface area (Å²) in [4.78, 5) is 12.8. The first-order chi connectivity index (χ1) is 12.7. The summed E-state index contributed by atoms with van der Waals surface area (Å²) in [7, 11) is 0. The molecule has 0 radical (unpaired) electrons. The van der Waals surface area contributed by atoms with Crippen molar-refractivity contribution in [1.82, 2.24) is 0 Å². The molecule has 3 rings (SSSR count). The molecule has 3 nitrogen and oxygen atoms in total. The van der Waals surface area contributed by atoms with Crippen LogP contribution in [-0.2, 0) is 4.79 Å². The maximum absolute atomic E-state index is 12.8. The normalized spacial score (nSPS) is 17.1. The van der Waals surface area contributed by atoms with Gasteiger partial charge in [-0.25, -0.2) is 0 Å². The Balaban J connectivity index is 1.64. The maximum atomic E-state index is 12.8. The molecule has 0 unspecified atom stereocenters. The molecular weight excluding hydrogens is 320 g/mol. The summed E-state index contributed by atoms with van der Waals surface area (Å²) < 4.78 is 0. The molecule has 3 N–H and O–H groups in total. The highest BCUT2D eigenvalue weighted by Crippen LogP contribution is 2.27. The van der Waals surface area contributed by atoms with Gasteiger partial charge < -0.3 is 10.6 Å². The Bertz CT molecular complexity index is 690. The number of carbonyl (C=O) groups is 1. The van der Waals surface area contributed by atoms with Gasteiger partial charge in [0.15, 0.2) is 6.04 Å². The van der Waals surface area contributed by atoms with E-state index >= 15 is 0 Å². The van der Waals surface area contributed by atoms with Crippen LogP contribution >= 0.6 is 0 Å². The first-order valence-corrected chi connectivity index (χ1v) is 10.0. The Hall–Kier alpha value is -2.13. The van der Waals surface area contributed by atoms with Crippen molar-refractivity contribution in [3.8, 4) is 11.1 Å². The molecule has 0 saturated heterocycles. The topological polar surface area (TPSA) is 45.7 Å². The average Bonchev–Trinajstić information content (AvgIpc) is 2.65. The van der Waals surface area contributed by atoms with Crippen molar-refractivity contribution in [1.29, 1.82) is 0 Å². The van der Waals surface area contributed by atoms with Crippen LogP contribution in [0.1, 0.15) is 51.9 Å². The largest absolute Gasteiger partial charge is 0.334 e. The van der Waals surface area contributed by atoms with Crippen LogP contribution in [0.3, 0.4) is 0 Å². The van der Waals surface area contributed by atoms with E-state index in [1.807, 2.05) is 43.3 Å². The number of quaternary nitrogens is 1. The summed E-state index contributed by atoms with van der Waals surface area (Å²) in [5.41, 5.74) is 3.08. The molecule has 2 aromatic rings. The molecule has 0 bridgehead atoms. The van der Waals surface area contributed by atoms with Crippen LogP contribution in [0.25, 0.3) is 11.1 Å². The lowest BCUT2D eigenvalue weighted by atomic mass is 9.96. The minimum atomic E-state index is -0.0664. The molecule has 1 saturated carbocycles. The van der Waals surface area contributed by atoms with E-state index in [4.69, 9.17) is 0 Å². The van der Waals surface area contributed by atoms with Gasteiger partial charge in [0, 0.05) is 11.3 Å². The van der Waals surface area contributed by atoms with Gasteiger partial charge in [-0.3, -0.25) is 4.79 Å². The molecule has 138 valence electrons. The van der Waals surface area contributed by atoms with E-state index in [-0.39, 0.29) is 11.9 Å². The molecule has 0 heterocycles. The molecule has 1 amide bonds. The van der Waals surface area contributed by atoms with Crippen molar-refractivity contribution >= 4 is 11.6 Å². The van der Waals surface area contributed by atoms with E-state index in [0.717, 1.165) is 16.8 Å². The number of amides is 1. The van der Waals surface area contributed by atoms with E-state index in [9.17, 15) is 4.79 Å². The number of hydrogen-bond donors (Lipinski definition) is 2. The molecule has 1 fully saturated rings. The molecule has 3 heteroatoms. The van der Waals surface area contributed by atoms with E-state index in [1.54, 1.807) is 0 Å². The summed E-state index contributed by atoms with van der Waals surface area (Å²) in [6.07, 6.45) is 9.12. The number of para-hydroxylation sites is 1. The predicted octanol–water partition coefficient (Wildman–Crippen LogP) is 4.36. The van der Waals surface area contributed by atoms with E-state index in [1.165, 1.54) is 44.9 Å². The maximum Gasteiger partial charge on any atom is 0.282 e. The minimum Gasteiger partial charge on any atom is -0.334 e. The fourth-order valence-electron chi connectivity index (χ4n) is 3.88. The third-order valence-electron chi connectivity index (χ3n) is 5.39. The second-order valence-corrected chi connectivity index (χ2v) is 7.49. The summed E-state index contributed by atoms with van der Waals surface area (Å²) in [6.45, 7) is 2.03. The van der Waals surface area contributed by atoms with E-state index < -0.39 is 0 Å². The van der Waals surface area contributed by atoms with Crippen molar-refractivity contribution in [2.45, 2.75) is 64.0 Å². The van der Waals surface area contributed by atoms with Gasteiger partial charge >= 0.3 is 0 Å². The third-order valence-corrected chi connectivity index (χ3v) is 5.39. The standard InChI is InChI=1S/C23H30N2O/c1-18(24-20-14-8-3-2-4-9-15-20)23(26)25-22-17-11-10-16-21(22)19-12-6-5-7-13-19/h5-7,10-13,16-18,20,24H,2-4,8-9,14-15H2,1H3,(H,25,26)/p+1/t18-/m0/s1. The van der Waals surface area contributed by atoms with Crippen LogP contribution in [0.15, 0.2) is 54.6 Å². The second-order valence-electron chi connectivity index (χ2n) is 7.49. The molecule has 26 heavy (non-hydrogen) atoms. The monoisotopic (exact) mass is 351 g/mol. The van der Waals surface area contributed by atoms with Crippen molar-refractivity contribution in [2.75, 3.05) is 5.32 Å². The van der Waals surface area contributed by atoms with Gasteiger partial charge in [-0.05, 0) is 44.2 Å². The summed E-state index contributed by atoms with van der Waals surface area (Å²) >= 11 is 0. The van der Waals surface area contributed by atoms with Crippen LogP contribution in [-0.4, -0.2) is 18.0 Å². The number of rotatable bonds is 5. The molecular formula is C23H31N2O+. The fraction of sp³-hybridized carbons (Fsp3) is 0.435. The molecule has 0 spiro atoms. The second kappa shape index (κ2) is 9.54. The van der Waals surface area contributed by atoms with Gasteiger partial charge in [0.2, 0.25) is 0 Å². The molecule has 0 aromatic heterocycles. The van der Waals surface area contributed by atoms with Crippen molar-refractivity contribution < 1.29 is 10.1 Å². The lowest BCUT2D eigenvalue weighted by molar-refractivity contribution is -0.707. The van der Waals surface area contributed by atoms with Crippen LogP contribution < -0.4 is 10.6 Å². The molecule has 1 aliphatic rings. The Morgan fingerprint density at radius 1 is 0.923 bits per heavy atom. The van der Waals surface area contributed by atoms with Crippen LogP contribution in [0.5, 0.6) is 0 Å². The minimum absolute atomic E-state index is 0.0664. The number of nitrogens with one attached hydrogen (secondary N) is 1. The number of carbonyl (C=O) groups excluding carboxylic acids is 1. The quantitative estimate of drug-likeness (QED) is 0.826. The van der Waals surface area contributed by atoms with E-state index in [0.29, 0.717) is 6.04 Å². The first-order valence-electron chi connectivity index (χ1n) is 10.0. The van der Waals surface area contributed by atoms with Gasteiger partial charge in [-0.15, -0.1) is 0 Å². The molecule has 1 aliphatic carbocycles. The Kier molecular flexibility index (Phi) is 6.84. The lowest BCUT2D eigenvalue weighted by Crippen LogP contribution is -2.96. The highest BCUT2D eigenvalue weighted by Gasteiger charge is 2.23. The Labute approximate surface area is 157 Å². The number of hydrogen-bond acceptors (Lipinski definition) is 1. The molecule has 1 atom stereocenters. The van der Waals surface area contributed by atoms with Gasteiger partial charge in [-0.2, -0.15) is 0 Å². The van der Waals surface area contributed by atoms with Gasteiger partial charge in [-0.1, -0.05) is 67.8 Å². The van der Waals surface area contributed by atoms with Crippen LogP contribution in [0, 0.1) is 0 Å². The molecule has 2 aromatic carbocycles. The van der Waals surface area contributed by atoms with Crippen molar-refractivity contribution in [3.05, 3.63) is 54.6 Å². The summed E-state index contributed by atoms with van der Waals surface area (Å²) in [6, 6.07) is 18.8. The van der Waals surface area contributed by atoms with Gasteiger partial charge in [0.05, 0.1) is 6.04 Å².